The van der Waals surface area contributed by atoms with Crippen LogP contribution in [0.1, 0.15) is 22.7 Å². The highest BCUT2D eigenvalue weighted by molar-refractivity contribution is 5.51. The van der Waals surface area contributed by atoms with E-state index in [0.29, 0.717) is 0 Å². The van der Waals surface area contributed by atoms with E-state index in [1.165, 1.54) is 11.1 Å². The van der Waals surface area contributed by atoms with Gasteiger partial charge in [0.2, 0.25) is 0 Å². The highest BCUT2D eigenvalue weighted by atomic mass is 14.9. The summed E-state index contributed by atoms with van der Waals surface area (Å²) in [5.41, 5.74) is 10.6. The highest BCUT2D eigenvalue weighted by Crippen LogP contribution is 2.26. The van der Waals surface area contributed by atoms with Crippen molar-refractivity contribution >= 4 is 5.69 Å². The van der Waals surface area contributed by atoms with Crippen LogP contribution in [0.15, 0.2) is 84.9 Å². The van der Waals surface area contributed by atoms with Gasteiger partial charge in [0.1, 0.15) is 0 Å². The molecule has 0 amide bonds. The lowest BCUT2D eigenvalue weighted by Crippen LogP contribution is -2.23. The van der Waals surface area contributed by atoms with Crippen LogP contribution in [0.25, 0.3) is 0 Å². The fraction of sp³-hybridized carbons (Fsp3) is 0.100. The van der Waals surface area contributed by atoms with Gasteiger partial charge in [-0.05, 0) is 22.8 Å². The van der Waals surface area contributed by atoms with E-state index in [1.807, 2.05) is 30.3 Å². The van der Waals surface area contributed by atoms with Crippen molar-refractivity contribution in [2.24, 2.45) is 0 Å². The van der Waals surface area contributed by atoms with Crippen molar-refractivity contribution in [1.82, 2.24) is 5.32 Å². The van der Waals surface area contributed by atoms with E-state index in [0.717, 1.165) is 17.8 Å². The molecule has 3 N–H and O–H groups in total. The summed E-state index contributed by atoms with van der Waals surface area (Å²) in [4.78, 5) is 0. The molecule has 22 heavy (non-hydrogen) atoms. The van der Waals surface area contributed by atoms with Crippen LogP contribution in [0.4, 0.5) is 5.69 Å². The summed E-state index contributed by atoms with van der Waals surface area (Å²) in [6.45, 7) is 0.800. The van der Waals surface area contributed by atoms with E-state index >= 15 is 0 Å². The SMILES string of the molecule is Nc1ccccc1[C@H](NCc1ccccc1)c1ccccc1. The van der Waals surface area contributed by atoms with Crippen molar-refractivity contribution in [3.05, 3.63) is 102 Å². The second-order valence-electron chi connectivity index (χ2n) is 5.34. The summed E-state index contributed by atoms with van der Waals surface area (Å²) < 4.78 is 0. The minimum atomic E-state index is 0.0857. The van der Waals surface area contributed by atoms with Crippen LogP contribution in [0, 0.1) is 0 Å². The van der Waals surface area contributed by atoms with E-state index in [1.54, 1.807) is 0 Å². The fourth-order valence-electron chi connectivity index (χ4n) is 2.64. The van der Waals surface area contributed by atoms with Gasteiger partial charge in [0, 0.05) is 12.2 Å². The number of rotatable bonds is 5. The first kappa shape index (κ1) is 14.4. The molecule has 0 heterocycles. The summed E-state index contributed by atoms with van der Waals surface area (Å²) in [6, 6.07) is 29.0. The lowest BCUT2D eigenvalue weighted by molar-refractivity contribution is 0.606. The largest absolute Gasteiger partial charge is 0.398 e. The van der Waals surface area contributed by atoms with E-state index in [2.05, 4.69) is 59.9 Å². The predicted octanol–water partition coefficient (Wildman–Crippen LogP) is 4.15. The van der Waals surface area contributed by atoms with Crippen molar-refractivity contribution < 1.29 is 0 Å². The van der Waals surface area contributed by atoms with Gasteiger partial charge in [-0.15, -0.1) is 0 Å². The van der Waals surface area contributed by atoms with Crippen molar-refractivity contribution in [2.75, 3.05) is 5.73 Å². The average Bonchev–Trinajstić information content (AvgIpc) is 2.58. The van der Waals surface area contributed by atoms with Gasteiger partial charge in [0.25, 0.3) is 0 Å². The second kappa shape index (κ2) is 6.92. The molecule has 0 unspecified atom stereocenters. The minimum Gasteiger partial charge on any atom is -0.398 e. The predicted molar refractivity (Wildman–Crippen MR) is 92.4 cm³/mol. The minimum absolute atomic E-state index is 0.0857. The maximum atomic E-state index is 6.19. The molecule has 0 aliphatic carbocycles. The molecule has 0 saturated heterocycles. The standard InChI is InChI=1S/C20H20N2/c21-19-14-8-7-13-18(19)20(17-11-5-2-6-12-17)22-15-16-9-3-1-4-10-16/h1-14,20,22H,15,21H2/t20-/m1/s1. The topological polar surface area (TPSA) is 38.0 Å². The molecule has 0 aliphatic rings. The number of nitrogens with two attached hydrogens (primary N) is 1. The molecule has 3 aromatic rings. The molecular weight excluding hydrogens is 268 g/mol. The zero-order chi connectivity index (χ0) is 15.2. The zero-order valence-corrected chi connectivity index (χ0v) is 12.4. The first-order valence-electron chi connectivity index (χ1n) is 7.51. The molecule has 0 aromatic heterocycles. The van der Waals surface area contributed by atoms with Crippen LogP contribution >= 0.6 is 0 Å². The lowest BCUT2D eigenvalue weighted by atomic mass is 9.97. The van der Waals surface area contributed by atoms with Gasteiger partial charge in [-0.25, -0.2) is 0 Å². The zero-order valence-electron chi connectivity index (χ0n) is 12.4. The number of nitrogens with one attached hydrogen (secondary N) is 1. The summed E-state index contributed by atoms with van der Waals surface area (Å²) in [5.74, 6) is 0. The number of hydrogen-bond donors (Lipinski definition) is 2. The number of anilines is 1. The molecule has 3 rings (SSSR count). The smallest absolute Gasteiger partial charge is 0.0599 e. The van der Waals surface area contributed by atoms with Gasteiger partial charge in [0.15, 0.2) is 0 Å². The van der Waals surface area contributed by atoms with Crippen LogP contribution in [0.3, 0.4) is 0 Å². The first-order valence-corrected chi connectivity index (χ1v) is 7.51. The maximum absolute atomic E-state index is 6.19. The van der Waals surface area contributed by atoms with E-state index < -0.39 is 0 Å². The third-order valence-corrected chi connectivity index (χ3v) is 3.79. The average molecular weight is 288 g/mol. The summed E-state index contributed by atoms with van der Waals surface area (Å²) in [6.07, 6.45) is 0. The third kappa shape index (κ3) is 3.35. The quantitative estimate of drug-likeness (QED) is 0.692. The van der Waals surface area contributed by atoms with Crippen molar-refractivity contribution in [3.8, 4) is 0 Å². The summed E-state index contributed by atoms with van der Waals surface area (Å²) in [5, 5.41) is 3.63. The number of nitrogen functional groups attached to an aromatic ring is 1. The van der Waals surface area contributed by atoms with E-state index in [-0.39, 0.29) is 6.04 Å². The van der Waals surface area contributed by atoms with Gasteiger partial charge in [-0.1, -0.05) is 78.9 Å². The Morgan fingerprint density at radius 3 is 2.00 bits per heavy atom. The Bertz CT molecular complexity index is 708. The normalized spacial score (nSPS) is 12.0. The van der Waals surface area contributed by atoms with E-state index in [4.69, 9.17) is 5.73 Å². The molecule has 110 valence electrons. The Labute approximate surface area is 131 Å². The van der Waals surface area contributed by atoms with Crippen LogP contribution < -0.4 is 11.1 Å². The molecule has 0 bridgehead atoms. The summed E-state index contributed by atoms with van der Waals surface area (Å²) in [7, 11) is 0. The van der Waals surface area contributed by atoms with Gasteiger partial charge in [-0.2, -0.15) is 0 Å². The Balaban J connectivity index is 1.89. The number of hydrogen-bond acceptors (Lipinski definition) is 2. The lowest BCUT2D eigenvalue weighted by Gasteiger charge is -2.21. The molecule has 0 saturated carbocycles. The fourth-order valence-corrected chi connectivity index (χ4v) is 2.64. The Kier molecular flexibility index (Phi) is 4.52. The van der Waals surface area contributed by atoms with Crippen molar-refractivity contribution in [3.63, 3.8) is 0 Å². The molecule has 0 fully saturated rings. The van der Waals surface area contributed by atoms with Gasteiger partial charge < -0.3 is 11.1 Å². The van der Waals surface area contributed by atoms with Gasteiger partial charge >= 0.3 is 0 Å². The Hall–Kier alpha value is -2.58. The first-order chi connectivity index (χ1) is 10.8. The molecule has 0 radical (unpaired) electrons. The molecule has 0 aliphatic heterocycles. The molecule has 2 heteroatoms. The monoisotopic (exact) mass is 288 g/mol. The number of para-hydroxylation sites is 1. The van der Waals surface area contributed by atoms with Crippen LogP contribution in [0.2, 0.25) is 0 Å². The van der Waals surface area contributed by atoms with Gasteiger partial charge in [0.05, 0.1) is 6.04 Å². The molecular formula is C20H20N2. The highest BCUT2D eigenvalue weighted by Gasteiger charge is 2.15. The van der Waals surface area contributed by atoms with Crippen LogP contribution in [0.5, 0.6) is 0 Å². The summed E-state index contributed by atoms with van der Waals surface area (Å²) >= 11 is 0. The maximum Gasteiger partial charge on any atom is 0.0599 e. The molecule has 2 nitrogen and oxygen atoms in total. The molecule has 1 atom stereocenters. The Morgan fingerprint density at radius 1 is 0.727 bits per heavy atom. The molecule has 0 spiro atoms. The van der Waals surface area contributed by atoms with Crippen LogP contribution in [-0.4, -0.2) is 0 Å². The van der Waals surface area contributed by atoms with Crippen LogP contribution in [-0.2, 0) is 6.54 Å². The molecule has 3 aromatic carbocycles. The second-order valence-corrected chi connectivity index (χ2v) is 5.34. The van der Waals surface area contributed by atoms with Crippen molar-refractivity contribution in [2.45, 2.75) is 12.6 Å². The number of benzene rings is 3. The Morgan fingerprint density at radius 2 is 1.32 bits per heavy atom. The third-order valence-electron chi connectivity index (χ3n) is 3.79. The van der Waals surface area contributed by atoms with E-state index in [9.17, 15) is 0 Å². The van der Waals surface area contributed by atoms with Crippen molar-refractivity contribution in [1.29, 1.82) is 0 Å². The van der Waals surface area contributed by atoms with Gasteiger partial charge in [-0.3, -0.25) is 0 Å².